The third-order valence-electron chi connectivity index (χ3n) is 4.35. The molecule has 0 aromatic heterocycles. The van der Waals surface area contributed by atoms with E-state index >= 15 is 0 Å². The van der Waals surface area contributed by atoms with Crippen LogP contribution in [0.25, 0.3) is 0 Å². The Morgan fingerprint density at radius 3 is 2.29 bits per heavy atom. The van der Waals surface area contributed by atoms with Crippen molar-refractivity contribution in [3.05, 3.63) is 34.9 Å². The minimum atomic E-state index is -1.11. The van der Waals surface area contributed by atoms with Gasteiger partial charge in [-0.25, -0.2) is 4.79 Å². The predicted octanol–water partition coefficient (Wildman–Crippen LogP) is 2.66. The van der Waals surface area contributed by atoms with E-state index in [0.717, 1.165) is 0 Å². The van der Waals surface area contributed by atoms with E-state index < -0.39 is 11.9 Å². The topological polar surface area (TPSA) is 74.7 Å². The number of carboxylic acid groups (broad SMARTS) is 1. The molecule has 1 aromatic carbocycles. The van der Waals surface area contributed by atoms with E-state index in [1.807, 2.05) is 27.7 Å². The summed E-state index contributed by atoms with van der Waals surface area (Å²) in [4.78, 5) is 36.9. The first-order valence-electron chi connectivity index (χ1n) is 6.88. The minimum Gasteiger partial charge on any atom is -0.478 e. The summed E-state index contributed by atoms with van der Waals surface area (Å²) >= 11 is 0. The van der Waals surface area contributed by atoms with Gasteiger partial charge in [0.1, 0.15) is 0 Å². The van der Waals surface area contributed by atoms with Crippen LogP contribution in [-0.2, 0) is 0 Å². The van der Waals surface area contributed by atoms with Crippen LogP contribution in [0.2, 0.25) is 0 Å². The molecule has 0 fully saturated rings. The summed E-state index contributed by atoms with van der Waals surface area (Å²) in [5.74, 6) is -1.57. The molecule has 2 rings (SSSR count). The molecule has 0 atom stereocenters. The smallest absolute Gasteiger partial charge is 0.335 e. The van der Waals surface area contributed by atoms with Gasteiger partial charge in [0.15, 0.2) is 0 Å². The molecule has 21 heavy (non-hydrogen) atoms. The van der Waals surface area contributed by atoms with Gasteiger partial charge in [0, 0.05) is 6.54 Å². The number of hydrogen-bond donors (Lipinski definition) is 1. The molecule has 2 amide bonds. The van der Waals surface area contributed by atoms with Crippen LogP contribution in [-0.4, -0.2) is 34.3 Å². The molecule has 112 valence electrons. The quantitative estimate of drug-likeness (QED) is 0.865. The SMILES string of the molecule is CC(C)C(C)(C)CN1C(=O)c2ccc(C(=O)O)cc2C1=O. The van der Waals surface area contributed by atoms with Crippen LogP contribution in [0.3, 0.4) is 0 Å². The van der Waals surface area contributed by atoms with Crippen molar-refractivity contribution in [3.8, 4) is 0 Å². The summed E-state index contributed by atoms with van der Waals surface area (Å²) < 4.78 is 0. The number of hydrogen-bond acceptors (Lipinski definition) is 3. The van der Waals surface area contributed by atoms with Crippen molar-refractivity contribution in [1.29, 1.82) is 0 Å². The monoisotopic (exact) mass is 289 g/mol. The van der Waals surface area contributed by atoms with Crippen LogP contribution in [0.1, 0.15) is 58.8 Å². The average Bonchev–Trinajstić information content (AvgIpc) is 2.63. The molecular formula is C16H19NO4. The van der Waals surface area contributed by atoms with E-state index in [1.165, 1.54) is 23.1 Å². The van der Waals surface area contributed by atoms with Gasteiger partial charge in [0.05, 0.1) is 16.7 Å². The molecule has 0 spiro atoms. The van der Waals surface area contributed by atoms with E-state index in [1.54, 1.807) is 0 Å². The van der Waals surface area contributed by atoms with Gasteiger partial charge in [-0.1, -0.05) is 27.7 Å². The Labute approximate surface area is 123 Å². The molecule has 0 saturated carbocycles. The van der Waals surface area contributed by atoms with E-state index in [0.29, 0.717) is 12.5 Å². The van der Waals surface area contributed by atoms with E-state index in [4.69, 9.17) is 5.11 Å². The molecule has 0 aliphatic carbocycles. The fraction of sp³-hybridized carbons (Fsp3) is 0.438. The summed E-state index contributed by atoms with van der Waals surface area (Å²) in [6.45, 7) is 8.41. The van der Waals surface area contributed by atoms with Crippen molar-refractivity contribution >= 4 is 17.8 Å². The van der Waals surface area contributed by atoms with Gasteiger partial charge < -0.3 is 5.11 Å². The van der Waals surface area contributed by atoms with Crippen molar-refractivity contribution in [1.82, 2.24) is 4.90 Å². The van der Waals surface area contributed by atoms with Crippen LogP contribution >= 0.6 is 0 Å². The Balaban J connectivity index is 2.37. The molecule has 1 aliphatic heterocycles. The third-order valence-corrected chi connectivity index (χ3v) is 4.35. The number of carboxylic acids is 1. The highest BCUT2D eigenvalue weighted by Gasteiger charge is 2.39. The zero-order valence-corrected chi connectivity index (χ0v) is 12.6. The van der Waals surface area contributed by atoms with Crippen LogP contribution in [0, 0.1) is 11.3 Å². The highest BCUT2D eigenvalue weighted by Crippen LogP contribution is 2.32. The first kappa shape index (κ1) is 15.2. The Morgan fingerprint density at radius 2 is 1.76 bits per heavy atom. The van der Waals surface area contributed by atoms with Crippen LogP contribution in [0.4, 0.5) is 0 Å². The molecule has 1 heterocycles. The second-order valence-corrected chi connectivity index (χ2v) is 6.41. The van der Waals surface area contributed by atoms with Crippen molar-refractivity contribution in [2.24, 2.45) is 11.3 Å². The molecule has 0 radical (unpaired) electrons. The zero-order valence-electron chi connectivity index (χ0n) is 12.6. The number of carbonyl (C=O) groups is 3. The summed E-state index contributed by atoms with van der Waals surface area (Å²) in [5, 5.41) is 8.98. The summed E-state index contributed by atoms with van der Waals surface area (Å²) in [5.41, 5.74) is 0.270. The highest BCUT2D eigenvalue weighted by atomic mass is 16.4. The Morgan fingerprint density at radius 1 is 1.19 bits per heavy atom. The van der Waals surface area contributed by atoms with E-state index in [2.05, 4.69) is 0 Å². The van der Waals surface area contributed by atoms with Crippen LogP contribution in [0.15, 0.2) is 18.2 Å². The average molecular weight is 289 g/mol. The second-order valence-electron chi connectivity index (χ2n) is 6.41. The first-order chi connectivity index (χ1) is 9.65. The van der Waals surface area contributed by atoms with Gasteiger partial charge in [-0.2, -0.15) is 0 Å². The number of amides is 2. The van der Waals surface area contributed by atoms with Crippen molar-refractivity contribution in [3.63, 3.8) is 0 Å². The maximum absolute atomic E-state index is 12.4. The van der Waals surface area contributed by atoms with Crippen molar-refractivity contribution in [2.75, 3.05) is 6.54 Å². The molecule has 0 saturated heterocycles. The zero-order chi connectivity index (χ0) is 15.9. The van der Waals surface area contributed by atoms with Crippen LogP contribution < -0.4 is 0 Å². The lowest BCUT2D eigenvalue weighted by atomic mass is 9.81. The lowest BCUT2D eigenvalue weighted by Crippen LogP contribution is -2.40. The summed E-state index contributed by atoms with van der Waals surface area (Å²) in [6.07, 6.45) is 0. The lowest BCUT2D eigenvalue weighted by molar-refractivity contribution is 0.0553. The molecule has 0 unspecified atom stereocenters. The fourth-order valence-electron chi connectivity index (χ4n) is 2.16. The maximum atomic E-state index is 12.4. The Hall–Kier alpha value is -2.17. The third kappa shape index (κ3) is 2.55. The largest absolute Gasteiger partial charge is 0.478 e. The van der Waals surface area contributed by atoms with Gasteiger partial charge >= 0.3 is 5.97 Å². The molecule has 5 nitrogen and oxygen atoms in total. The number of nitrogens with zero attached hydrogens (tertiary/aromatic N) is 1. The van der Waals surface area contributed by atoms with Crippen molar-refractivity contribution < 1.29 is 19.5 Å². The highest BCUT2D eigenvalue weighted by molar-refractivity contribution is 6.21. The molecule has 5 heteroatoms. The predicted molar refractivity (Wildman–Crippen MR) is 77.4 cm³/mol. The number of rotatable bonds is 4. The van der Waals surface area contributed by atoms with E-state index in [-0.39, 0.29) is 28.0 Å². The molecular weight excluding hydrogens is 270 g/mol. The molecule has 1 aromatic rings. The minimum absolute atomic E-state index is 0.0138. The maximum Gasteiger partial charge on any atom is 0.335 e. The van der Waals surface area contributed by atoms with Gasteiger partial charge in [-0.05, 0) is 29.5 Å². The van der Waals surface area contributed by atoms with Gasteiger partial charge in [0.25, 0.3) is 11.8 Å². The van der Waals surface area contributed by atoms with Crippen molar-refractivity contribution in [2.45, 2.75) is 27.7 Å². The van der Waals surface area contributed by atoms with E-state index in [9.17, 15) is 14.4 Å². The molecule has 1 aliphatic rings. The first-order valence-corrected chi connectivity index (χ1v) is 6.88. The van der Waals surface area contributed by atoms with Gasteiger partial charge in [-0.3, -0.25) is 14.5 Å². The number of carbonyl (C=O) groups excluding carboxylic acids is 2. The summed E-state index contributed by atoms with van der Waals surface area (Å²) in [6, 6.07) is 4.05. The van der Waals surface area contributed by atoms with Crippen LogP contribution in [0.5, 0.6) is 0 Å². The summed E-state index contributed by atoms with van der Waals surface area (Å²) in [7, 11) is 0. The molecule has 1 N–H and O–H groups in total. The number of imide groups is 1. The van der Waals surface area contributed by atoms with Gasteiger partial charge in [0.2, 0.25) is 0 Å². The second kappa shape index (κ2) is 4.98. The number of fused-ring (bicyclic) bond motifs is 1. The normalized spacial score (nSPS) is 14.8. The lowest BCUT2D eigenvalue weighted by Gasteiger charge is -2.32. The molecule has 0 bridgehead atoms. The number of aromatic carboxylic acids is 1. The Bertz CT molecular complexity index is 631. The standard InChI is InChI=1S/C16H19NO4/c1-9(2)16(3,4)8-17-13(18)11-6-5-10(15(20)21)7-12(11)14(17)19/h5-7,9H,8H2,1-4H3,(H,20,21). The van der Waals surface area contributed by atoms with Gasteiger partial charge in [-0.15, -0.1) is 0 Å². The Kier molecular flexibility index (Phi) is 3.61. The number of benzene rings is 1. The fourth-order valence-corrected chi connectivity index (χ4v) is 2.16.